The van der Waals surface area contributed by atoms with Gasteiger partial charge in [0.25, 0.3) is 0 Å². The molecule has 0 aliphatic heterocycles. The lowest BCUT2D eigenvalue weighted by atomic mass is 10.1. The molecule has 0 aliphatic carbocycles. The molecule has 6 nitrogen and oxygen atoms in total. The monoisotopic (exact) mass is 297 g/mol. The highest BCUT2D eigenvalue weighted by atomic mass is 16.5. The number of methoxy groups -OCH3 is 1. The molecule has 0 bridgehead atoms. The van der Waals surface area contributed by atoms with E-state index in [0.717, 1.165) is 28.4 Å². The molecule has 0 radical (unpaired) electrons. The van der Waals surface area contributed by atoms with Crippen LogP contribution < -0.4 is 4.74 Å². The molecule has 1 N–H and O–H groups in total. The lowest BCUT2D eigenvalue weighted by molar-refractivity contribution is 0.359. The Bertz CT molecular complexity index is 782. The van der Waals surface area contributed by atoms with Gasteiger partial charge in [0.15, 0.2) is 5.82 Å². The predicted molar refractivity (Wildman–Crippen MR) is 84.6 cm³/mol. The molecule has 3 aromatic rings. The molecule has 0 amide bonds. The molecule has 0 unspecified atom stereocenters. The minimum Gasteiger partial charge on any atom is -0.497 e. The van der Waals surface area contributed by atoms with Crippen LogP contribution in [0.5, 0.6) is 5.75 Å². The summed E-state index contributed by atoms with van der Waals surface area (Å²) >= 11 is 0. The van der Waals surface area contributed by atoms with Gasteiger partial charge in [-0.3, -0.25) is 5.10 Å². The standard InChI is InChI=1S/C16H19N5O/c1-16(2,3)21-15(17-10-19-21)13-9-18-20-14(13)11-6-5-7-12(8-11)22-4/h5-10H,1-4H3,(H,18,20). The Labute approximate surface area is 129 Å². The van der Waals surface area contributed by atoms with Crippen molar-refractivity contribution in [3.63, 3.8) is 0 Å². The van der Waals surface area contributed by atoms with Gasteiger partial charge in [0.1, 0.15) is 12.1 Å². The van der Waals surface area contributed by atoms with Crippen LogP contribution >= 0.6 is 0 Å². The molecular formula is C16H19N5O. The van der Waals surface area contributed by atoms with Crippen LogP contribution in [0.2, 0.25) is 0 Å². The molecule has 3 rings (SSSR count). The highest BCUT2D eigenvalue weighted by Crippen LogP contribution is 2.32. The smallest absolute Gasteiger partial charge is 0.162 e. The molecule has 1 aromatic carbocycles. The van der Waals surface area contributed by atoms with Gasteiger partial charge < -0.3 is 4.74 Å². The molecule has 114 valence electrons. The number of nitrogens with one attached hydrogen (secondary N) is 1. The van der Waals surface area contributed by atoms with Crippen molar-refractivity contribution in [2.24, 2.45) is 0 Å². The third kappa shape index (κ3) is 2.47. The average Bonchev–Trinajstić information content (AvgIpc) is 3.14. The Balaban J connectivity index is 2.12. The average molecular weight is 297 g/mol. The fourth-order valence-electron chi connectivity index (χ4n) is 2.37. The minimum atomic E-state index is -0.158. The van der Waals surface area contributed by atoms with Crippen LogP contribution in [0.3, 0.4) is 0 Å². The molecule has 22 heavy (non-hydrogen) atoms. The summed E-state index contributed by atoms with van der Waals surface area (Å²) in [7, 11) is 1.66. The number of aromatic amines is 1. The van der Waals surface area contributed by atoms with Crippen molar-refractivity contribution in [3.05, 3.63) is 36.8 Å². The summed E-state index contributed by atoms with van der Waals surface area (Å²) in [6.45, 7) is 6.28. The maximum Gasteiger partial charge on any atom is 0.162 e. The van der Waals surface area contributed by atoms with E-state index in [2.05, 4.69) is 41.1 Å². The van der Waals surface area contributed by atoms with E-state index in [1.165, 1.54) is 0 Å². The van der Waals surface area contributed by atoms with E-state index in [1.807, 2.05) is 28.9 Å². The largest absolute Gasteiger partial charge is 0.497 e. The molecule has 0 aliphatic rings. The molecule has 0 atom stereocenters. The van der Waals surface area contributed by atoms with Crippen molar-refractivity contribution >= 4 is 0 Å². The van der Waals surface area contributed by atoms with E-state index >= 15 is 0 Å². The number of ether oxygens (including phenoxy) is 1. The zero-order chi connectivity index (χ0) is 15.7. The van der Waals surface area contributed by atoms with Gasteiger partial charge in [0.05, 0.1) is 30.1 Å². The summed E-state index contributed by atoms with van der Waals surface area (Å²) in [6.07, 6.45) is 3.35. The number of benzene rings is 1. The van der Waals surface area contributed by atoms with E-state index in [-0.39, 0.29) is 5.54 Å². The second kappa shape index (κ2) is 5.29. The normalized spacial score (nSPS) is 11.6. The Morgan fingerprint density at radius 1 is 1.23 bits per heavy atom. The van der Waals surface area contributed by atoms with Crippen LogP contribution in [0.1, 0.15) is 20.8 Å². The first-order chi connectivity index (χ1) is 10.5. The number of H-pyrrole nitrogens is 1. The van der Waals surface area contributed by atoms with E-state index in [1.54, 1.807) is 19.6 Å². The molecular weight excluding hydrogens is 278 g/mol. The van der Waals surface area contributed by atoms with Gasteiger partial charge in [0.2, 0.25) is 0 Å². The van der Waals surface area contributed by atoms with Gasteiger partial charge in [-0.1, -0.05) is 12.1 Å². The van der Waals surface area contributed by atoms with E-state index < -0.39 is 0 Å². The fourth-order valence-corrected chi connectivity index (χ4v) is 2.37. The van der Waals surface area contributed by atoms with Crippen LogP contribution in [0, 0.1) is 0 Å². The minimum absolute atomic E-state index is 0.158. The van der Waals surface area contributed by atoms with Crippen molar-refractivity contribution in [2.75, 3.05) is 7.11 Å². The third-order valence-corrected chi connectivity index (χ3v) is 3.42. The first-order valence-corrected chi connectivity index (χ1v) is 7.09. The molecule has 2 aromatic heterocycles. The van der Waals surface area contributed by atoms with Crippen molar-refractivity contribution in [3.8, 4) is 28.4 Å². The first-order valence-electron chi connectivity index (χ1n) is 7.09. The van der Waals surface area contributed by atoms with Crippen molar-refractivity contribution in [1.82, 2.24) is 25.0 Å². The van der Waals surface area contributed by atoms with Crippen LogP contribution in [-0.4, -0.2) is 32.1 Å². The van der Waals surface area contributed by atoms with Crippen LogP contribution in [0.25, 0.3) is 22.6 Å². The first kappa shape index (κ1) is 14.3. The number of hydrogen-bond acceptors (Lipinski definition) is 4. The van der Waals surface area contributed by atoms with Crippen molar-refractivity contribution in [2.45, 2.75) is 26.3 Å². The molecule has 0 spiro atoms. The zero-order valence-corrected chi connectivity index (χ0v) is 13.2. The Morgan fingerprint density at radius 3 is 2.77 bits per heavy atom. The molecule has 0 saturated heterocycles. The molecule has 0 saturated carbocycles. The summed E-state index contributed by atoms with van der Waals surface area (Å²) in [5.41, 5.74) is 2.66. The predicted octanol–water partition coefficient (Wildman–Crippen LogP) is 3.10. The Kier molecular flexibility index (Phi) is 3.44. The summed E-state index contributed by atoms with van der Waals surface area (Å²) < 4.78 is 7.20. The molecule has 0 fully saturated rings. The Hall–Kier alpha value is -2.63. The number of nitrogens with zero attached hydrogens (tertiary/aromatic N) is 4. The summed E-state index contributed by atoms with van der Waals surface area (Å²) in [4.78, 5) is 4.41. The zero-order valence-electron chi connectivity index (χ0n) is 13.2. The van der Waals surface area contributed by atoms with Crippen molar-refractivity contribution < 1.29 is 4.74 Å². The van der Waals surface area contributed by atoms with Gasteiger partial charge in [-0.05, 0) is 32.9 Å². The van der Waals surface area contributed by atoms with Crippen molar-refractivity contribution in [1.29, 1.82) is 0 Å². The summed E-state index contributed by atoms with van der Waals surface area (Å²) in [5.74, 6) is 1.59. The second-order valence-electron chi connectivity index (χ2n) is 6.06. The number of rotatable bonds is 3. The Morgan fingerprint density at radius 2 is 2.05 bits per heavy atom. The third-order valence-electron chi connectivity index (χ3n) is 3.42. The highest BCUT2D eigenvalue weighted by molar-refractivity contribution is 5.77. The SMILES string of the molecule is COc1cccc(-c2[nH]ncc2-c2ncnn2C(C)(C)C)c1. The van der Waals surface area contributed by atoms with E-state index in [0.29, 0.717) is 0 Å². The van der Waals surface area contributed by atoms with Crippen LogP contribution in [0.15, 0.2) is 36.8 Å². The van der Waals surface area contributed by atoms with Gasteiger partial charge >= 0.3 is 0 Å². The van der Waals surface area contributed by atoms with Gasteiger partial charge in [-0.15, -0.1) is 0 Å². The van der Waals surface area contributed by atoms with Gasteiger partial charge in [0, 0.05) is 5.56 Å². The molecule has 6 heteroatoms. The van der Waals surface area contributed by atoms with E-state index in [9.17, 15) is 0 Å². The second-order valence-corrected chi connectivity index (χ2v) is 6.06. The summed E-state index contributed by atoms with van der Waals surface area (Å²) in [6, 6.07) is 7.84. The number of hydrogen-bond donors (Lipinski definition) is 1. The lowest BCUT2D eigenvalue weighted by Crippen LogP contribution is -2.24. The number of aromatic nitrogens is 5. The van der Waals surface area contributed by atoms with Gasteiger partial charge in [-0.25, -0.2) is 9.67 Å². The quantitative estimate of drug-likeness (QED) is 0.806. The summed E-state index contributed by atoms with van der Waals surface area (Å²) in [5, 5.41) is 11.6. The maximum absolute atomic E-state index is 5.29. The van der Waals surface area contributed by atoms with Gasteiger partial charge in [-0.2, -0.15) is 10.2 Å². The fraction of sp³-hybridized carbons (Fsp3) is 0.312. The van der Waals surface area contributed by atoms with Crippen LogP contribution in [-0.2, 0) is 5.54 Å². The maximum atomic E-state index is 5.29. The highest BCUT2D eigenvalue weighted by Gasteiger charge is 2.22. The van der Waals surface area contributed by atoms with E-state index in [4.69, 9.17) is 4.74 Å². The van der Waals surface area contributed by atoms with Crippen LogP contribution in [0.4, 0.5) is 0 Å². The lowest BCUT2D eigenvalue weighted by Gasteiger charge is -2.21. The topological polar surface area (TPSA) is 68.6 Å². The molecule has 2 heterocycles.